The number of rotatable bonds is 4. The Morgan fingerprint density at radius 1 is 1.19 bits per heavy atom. The molecule has 112 valence electrons. The van der Waals surface area contributed by atoms with E-state index >= 15 is 0 Å². The molecule has 4 nitrogen and oxygen atoms in total. The maximum Gasteiger partial charge on any atom is 0.437 e. The van der Waals surface area contributed by atoms with Crippen LogP contribution in [0.5, 0.6) is 0 Å². The first-order chi connectivity index (χ1) is 9.91. The van der Waals surface area contributed by atoms with E-state index in [1.54, 1.807) is 0 Å². The molecule has 0 spiro atoms. The normalized spacial score (nSPS) is 11.5. The Balaban J connectivity index is 2.46. The predicted octanol–water partition coefficient (Wildman–Crippen LogP) is 3.52. The third kappa shape index (κ3) is 3.65. The van der Waals surface area contributed by atoms with E-state index < -0.39 is 17.7 Å². The van der Waals surface area contributed by atoms with Gasteiger partial charge in [-0.15, -0.1) is 0 Å². The van der Waals surface area contributed by atoms with E-state index in [0.717, 1.165) is 18.5 Å². The van der Waals surface area contributed by atoms with Gasteiger partial charge >= 0.3 is 6.18 Å². The van der Waals surface area contributed by atoms with Crippen LogP contribution >= 0.6 is 0 Å². The van der Waals surface area contributed by atoms with Gasteiger partial charge < -0.3 is 5.32 Å². The number of aromatic nitrogens is 3. The van der Waals surface area contributed by atoms with Gasteiger partial charge in [0.25, 0.3) is 0 Å². The molecule has 8 heteroatoms. The lowest BCUT2D eigenvalue weighted by Gasteiger charge is -2.13. The van der Waals surface area contributed by atoms with Crippen molar-refractivity contribution in [3.05, 3.63) is 36.2 Å². The number of halogens is 4. The van der Waals surface area contributed by atoms with E-state index in [1.165, 1.54) is 6.20 Å². The second kappa shape index (κ2) is 6.02. The zero-order valence-electron chi connectivity index (χ0n) is 11.1. The van der Waals surface area contributed by atoms with Crippen molar-refractivity contribution in [1.82, 2.24) is 15.0 Å². The minimum atomic E-state index is -4.65. The third-order valence-corrected chi connectivity index (χ3v) is 2.58. The van der Waals surface area contributed by atoms with Crippen LogP contribution in [0.1, 0.15) is 19.0 Å². The van der Waals surface area contributed by atoms with Crippen molar-refractivity contribution in [2.45, 2.75) is 19.5 Å². The molecule has 0 fully saturated rings. The summed E-state index contributed by atoms with van der Waals surface area (Å²) in [6, 6.07) is 1.05. The highest BCUT2D eigenvalue weighted by Gasteiger charge is 2.37. The van der Waals surface area contributed by atoms with Crippen LogP contribution in [0.25, 0.3) is 11.3 Å². The lowest BCUT2D eigenvalue weighted by atomic mass is 10.2. The van der Waals surface area contributed by atoms with E-state index in [1.807, 2.05) is 6.92 Å². The SMILES string of the molecule is CCCNc1ncc(-c2cncc(F)c2)nc1C(F)(F)F. The Bertz CT molecular complexity index is 628. The highest BCUT2D eigenvalue weighted by atomic mass is 19.4. The summed E-state index contributed by atoms with van der Waals surface area (Å²) >= 11 is 0. The van der Waals surface area contributed by atoms with Gasteiger partial charge in [0.2, 0.25) is 0 Å². The summed E-state index contributed by atoms with van der Waals surface area (Å²) in [6.07, 6.45) is -0.663. The van der Waals surface area contributed by atoms with Crippen molar-refractivity contribution in [3.8, 4) is 11.3 Å². The van der Waals surface area contributed by atoms with Gasteiger partial charge in [-0.25, -0.2) is 14.4 Å². The zero-order valence-corrected chi connectivity index (χ0v) is 11.1. The van der Waals surface area contributed by atoms with Gasteiger partial charge in [-0.3, -0.25) is 4.98 Å². The smallest absolute Gasteiger partial charge is 0.368 e. The van der Waals surface area contributed by atoms with Gasteiger partial charge in [0, 0.05) is 18.3 Å². The molecule has 0 aliphatic heterocycles. The lowest BCUT2D eigenvalue weighted by molar-refractivity contribution is -0.140. The van der Waals surface area contributed by atoms with E-state index in [4.69, 9.17) is 0 Å². The van der Waals surface area contributed by atoms with Crippen LogP contribution in [-0.4, -0.2) is 21.5 Å². The molecule has 0 amide bonds. The lowest BCUT2D eigenvalue weighted by Crippen LogP contribution is -2.15. The summed E-state index contributed by atoms with van der Waals surface area (Å²) in [5.74, 6) is -0.992. The molecule has 21 heavy (non-hydrogen) atoms. The molecule has 0 saturated carbocycles. The zero-order chi connectivity index (χ0) is 15.5. The van der Waals surface area contributed by atoms with E-state index in [-0.39, 0.29) is 17.1 Å². The van der Waals surface area contributed by atoms with Crippen molar-refractivity contribution in [2.75, 3.05) is 11.9 Å². The van der Waals surface area contributed by atoms with E-state index in [2.05, 4.69) is 20.3 Å². The quantitative estimate of drug-likeness (QED) is 0.878. The molecule has 1 N–H and O–H groups in total. The number of nitrogens with one attached hydrogen (secondary N) is 1. The summed E-state index contributed by atoms with van der Waals surface area (Å²) in [6.45, 7) is 2.17. The Labute approximate surface area is 118 Å². The van der Waals surface area contributed by atoms with Crippen LogP contribution < -0.4 is 5.32 Å². The first-order valence-corrected chi connectivity index (χ1v) is 6.21. The molecule has 0 radical (unpaired) electrons. The van der Waals surface area contributed by atoms with Gasteiger partial charge in [0.15, 0.2) is 11.5 Å². The second-order valence-electron chi connectivity index (χ2n) is 4.27. The number of nitrogens with zero attached hydrogens (tertiary/aromatic N) is 3. The van der Waals surface area contributed by atoms with E-state index in [9.17, 15) is 17.6 Å². The van der Waals surface area contributed by atoms with Gasteiger partial charge in [0.05, 0.1) is 18.1 Å². The first-order valence-electron chi connectivity index (χ1n) is 6.21. The fraction of sp³-hybridized carbons (Fsp3) is 0.308. The molecule has 2 aromatic rings. The van der Waals surface area contributed by atoms with Crippen LogP contribution in [0, 0.1) is 5.82 Å². The Hall–Kier alpha value is -2.25. The number of hydrogen-bond donors (Lipinski definition) is 1. The van der Waals surface area contributed by atoms with Crippen molar-refractivity contribution < 1.29 is 17.6 Å². The highest BCUT2D eigenvalue weighted by Crippen LogP contribution is 2.33. The average Bonchev–Trinajstić information content (AvgIpc) is 2.44. The molecule has 2 heterocycles. The Morgan fingerprint density at radius 3 is 2.57 bits per heavy atom. The van der Waals surface area contributed by atoms with Crippen molar-refractivity contribution in [1.29, 1.82) is 0 Å². The monoisotopic (exact) mass is 300 g/mol. The summed E-state index contributed by atoms with van der Waals surface area (Å²) in [7, 11) is 0. The van der Waals surface area contributed by atoms with Crippen LogP contribution in [0.15, 0.2) is 24.7 Å². The molecular formula is C13H12F4N4. The molecule has 0 aromatic carbocycles. The van der Waals surface area contributed by atoms with Gasteiger partial charge in [0.1, 0.15) is 5.82 Å². The fourth-order valence-corrected chi connectivity index (χ4v) is 1.65. The summed E-state index contributed by atoms with van der Waals surface area (Å²) in [5, 5.41) is 2.58. The minimum Gasteiger partial charge on any atom is -0.368 e. The molecule has 2 rings (SSSR count). The number of pyridine rings is 1. The Morgan fingerprint density at radius 2 is 1.95 bits per heavy atom. The molecule has 2 aromatic heterocycles. The topological polar surface area (TPSA) is 50.7 Å². The first kappa shape index (κ1) is 15.1. The summed E-state index contributed by atoms with van der Waals surface area (Å²) < 4.78 is 52.1. The highest BCUT2D eigenvalue weighted by molar-refractivity contribution is 5.59. The van der Waals surface area contributed by atoms with Crippen molar-refractivity contribution in [2.24, 2.45) is 0 Å². The van der Waals surface area contributed by atoms with Crippen molar-refractivity contribution in [3.63, 3.8) is 0 Å². The predicted molar refractivity (Wildman–Crippen MR) is 69.0 cm³/mol. The minimum absolute atomic E-state index is 0.0867. The van der Waals surface area contributed by atoms with Crippen LogP contribution in [-0.2, 0) is 6.18 Å². The average molecular weight is 300 g/mol. The fourth-order valence-electron chi connectivity index (χ4n) is 1.65. The third-order valence-electron chi connectivity index (χ3n) is 2.58. The summed E-state index contributed by atoms with van der Waals surface area (Å²) in [4.78, 5) is 10.9. The summed E-state index contributed by atoms with van der Waals surface area (Å²) in [5.41, 5.74) is -1.08. The van der Waals surface area contributed by atoms with Crippen molar-refractivity contribution >= 4 is 5.82 Å². The van der Waals surface area contributed by atoms with E-state index in [0.29, 0.717) is 13.0 Å². The van der Waals surface area contributed by atoms with Crippen LogP contribution in [0.4, 0.5) is 23.4 Å². The maximum absolute atomic E-state index is 13.1. The van der Waals surface area contributed by atoms with Gasteiger partial charge in [-0.1, -0.05) is 6.92 Å². The van der Waals surface area contributed by atoms with Gasteiger partial charge in [-0.2, -0.15) is 13.2 Å². The standard InChI is InChI=1S/C13H12F4N4/c1-2-3-19-12-11(13(15,16)17)21-10(7-20-12)8-4-9(14)6-18-5-8/h4-7H,2-3H2,1H3,(H,19,20). The number of anilines is 1. The molecule has 0 atom stereocenters. The van der Waals surface area contributed by atoms with Gasteiger partial charge in [-0.05, 0) is 12.5 Å². The maximum atomic E-state index is 13.1. The largest absolute Gasteiger partial charge is 0.437 e. The number of alkyl halides is 3. The number of hydrogen-bond acceptors (Lipinski definition) is 4. The Kier molecular flexibility index (Phi) is 4.35. The molecule has 0 aliphatic carbocycles. The molecule has 0 saturated heterocycles. The second-order valence-corrected chi connectivity index (χ2v) is 4.27. The molecule has 0 bridgehead atoms. The molecular weight excluding hydrogens is 288 g/mol. The van der Waals surface area contributed by atoms with Crippen LogP contribution in [0.3, 0.4) is 0 Å². The molecule has 0 unspecified atom stereocenters. The molecule has 0 aliphatic rings. The van der Waals surface area contributed by atoms with Crippen LogP contribution in [0.2, 0.25) is 0 Å².